The molecule has 0 atom stereocenters. The van der Waals surface area contributed by atoms with Crippen LogP contribution < -0.4 is 0 Å². The van der Waals surface area contributed by atoms with Crippen molar-refractivity contribution in [3.63, 3.8) is 0 Å². The highest BCUT2D eigenvalue weighted by Gasteiger charge is 2.31. The highest BCUT2D eigenvalue weighted by Crippen LogP contribution is 2.36. The minimum absolute atomic E-state index is 0.0265. The van der Waals surface area contributed by atoms with Gasteiger partial charge in [0.1, 0.15) is 11.6 Å². The highest BCUT2D eigenvalue weighted by molar-refractivity contribution is 5.70. The van der Waals surface area contributed by atoms with Crippen LogP contribution in [0.1, 0.15) is 16.7 Å². The van der Waals surface area contributed by atoms with Crippen LogP contribution in [-0.4, -0.2) is 5.11 Å². The van der Waals surface area contributed by atoms with Crippen LogP contribution >= 0.6 is 0 Å². The Morgan fingerprint density at radius 2 is 1.55 bits per heavy atom. The average molecular weight is 284 g/mol. The standard InChI is InChI=1S/C15H12F4O/c1-8-6-14(20)9(2)5-11(8)12-7-10(15(17,18)19)3-4-13(12)16/h3-7,20H,1-2H3. The van der Waals surface area contributed by atoms with Gasteiger partial charge in [-0.25, -0.2) is 4.39 Å². The molecule has 0 bridgehead atoms. The number of aromatic hydroxyl groups is 1. The Morgan fingerprint density at radius 1 is 0.900 bits per heavy atom. The smallest absolute Gasteiger partial charge is 0.416 e. The average Bonchev–Trinajstić information content (AvgIpc) is 2.33. The first-order valence-corrected chi connectivity index (χ1v) is 5.87. The van der Waals surface area contributed by atoms with E-state index < -0.39 is 17.6 Å². The van der Waals surface area contributed by atoms with Crippen LogP contribution in [0.4, 0.5) is 17.6 Å². The number of hydrogen-bond donors (Lipinski definition) is 1. The van der Waals surface area contributed by atoms with Gasteiger partial charge in [0.25, 0.3) is 0 Å². The summed E-state index contributed by atoms with van der Waals surface area (Å²) in [4.78, 5) is 0. The lowest BCUT2D eigenvalue weighted by Crippen LogP contribution is -2.05. The first-order valence-electron chi connectivity index (χ1n) is 5.87. The molecular formula is C15H12F4O. The van der Waals surface area contributed by atoms with E-state index in [0.717, 1.165) is 12.1 Å². The fourth-order valence-electron chi connectivity index (χ4n) is 2.00. The summed E-state index contributed by atoms with van der Waals surface area (Å²) in [7, 11) is 0. The molecule has 0 saturated carbocycles. The summed E-state index contributed by atoms with van der Waals surface area (Å²) < 4.78 is 51.9. The van der Waals surface area contributed by atoms with Gasteiger partial charge >= 0.3 is 6.18 Å². The molecule has 2 aromatic rings. The Morgan fingerprint density at radius 3 is 2.15 bits per heavy atom. The largest absolute Gasteiger partial charge is 0.508 e. The summed E-state index contributed by atoms with van der Waals surface area (Å²) in [5, 5.41) is 9.55. The summed E-state index contributed by atoms with van der Waals surface area (Å²) in [6, 6.07) is 5.18. The lowest BCUT2D eigenvalue weighted by Gasteiger charge is -2.13. The second-order valence-corrected chi connectivity index (χ2v) is 4.65. The Bertz CT molecular complexity index is 660. The van der Waals surface area contributed by atoms with Crippen LogP contribution in [-0.2, 0) is 6.18 Å². The molecule has 0 radical (unpaired) electrons. The Labute approximate surface area is 113 Å². The number of phenols is 1. The summed E-state index contributed by atoms with van der Waals surface area (Å²) >= 11 is 0. The van der Waals surface area contributed by atoms with Gasteiger partial charge in [-0.15, -0.1) is 0 Å². The lowest BCUT2D eigenvalue weighted by molar-refractivity contribution is -0.137. The van der Waals surface area contributed by atoms with E-state index >= 15 is 0 Å². The zero-order chi connectivity index (χ0) is 15.1. The zero-order valence-electron chi connectivity index (χ0n) is 10.8. The molecule has 0 saturated heterocycles. The summed E-state index contributed by atoms with van der Waals surface area (Å²) in [6.45, 7) is 3.21. The van der Waals surface area contributed by atoms with Crippen LogP contribution in [0.25, 0.3) is 11.1 Å². The normalized spacial score (nSPS) is 11.7. The van der Waals surface area contributed by atoms with Gasteiger partial charge in [0, 0.05) is 5.56 Å². The van der Waals surface area contributed by atoms with Crippen molar-refractivity contribution >= 4 is 0 Å². The van der Waals surface area contributed by atoms with Crippen molar-refractivity contribution in [1.29, 1.82) is 0 Å². The molecule has 106 valence electrons. The minimum atomic E-state index is -4.53. The number of alkyl halides is 3. The number of phenolic OH excluding ortho intramolecular Hbond substituents is 1. The number of hydrogen-bond acceptors (Lipinski definition) is 1. The maximum atomic E-state index is 13.8. The van der Waals surface area contributed by atoms with Crippen LogP contribution in [0.5, 0.6) is 5.75 Å². The zero-order valence-corrected chi connectivity index (χ0v) is 10.8. The van der Waals surface area contributed by atoms with E-state index in [0.29, 0.717) is 22.8 Å². The van der Waals surface area contributed by atoms with Crippen molar-refractivity contribution in [3.8, 4) is 16.9 Å². The third-order valence-corrected chi connectivity index (χ3v) is 3.13. The van der Waals surface area contributed by atoms with Gasteiger partial charge in [0.15, 0.2) is 0 Å². The van der Waals surface area contributed by atoms with Crippen LogP contribution in [0.2, 0.25) is 0 Å². The van der Waals surface area contributed by atoms with Gasteiger partial charge in [0.05, 0.1) is 5.56 Å². The van der Waals surface area contributed by atoms with E-state index in [9.17, 15) is 22.7 Å². The predicted molar refractivity (Wildman–Crippen MR) is 68.0 cm³/mol. The molecule has 0 amide bonds. The molecule has 1 N–H and O–H groups in total. The molecule has 0 unspecified atom stereocenters. The second-order valence-electron chi connectivity index (χ2n) is 4.65. The third-order valence-electron chi connectivity index (χ3n) is 3.13. The second kappa shape index (κ2) is 4.81. The fraction of sp³-hybridized carbons (Fsp3) is 0.200. The molecule has 2 rings (SSSR count). The molecular weight excluding hydrogens is 272 g/mol. The van der Waals surface area contributed by atoms with Crippen molar-refractivity contribution in [2.24, 2.45) is 0 Å². The van der Waals surface area contributed by atoms with Gasteiger partial charge in [0.2, 0.25) is 0 Å². The number of halogens is 4. The number of aryl methyl sites for hydroxylation is 2. The summed E-state index contributed by atoms with van der Waals surface area (Å²) in [5.41, 5.74) is 0.289. The van der Waals surface area contributed by atoms with Crippen LogP contribution in [0.3, 0.4) is 0 Å². The molecule has 0 aliphatic rings. The van der Waals surface area contributed by atoms with Gasteiger partial charge < -0.3 is 5.11 Å². The molecule has 0 spiro atoms. The van der Waals surface area contributed by atoms with Gasteiger partial charge in [-0.05, 0) is 60.9 Å². The van der Waals surface area contributed by atoms with E-state index in [1.54, 1.807) is 13.8 Å². The molecule has 0 aliphatic carbocycles. The molecule has 2 aromatic carbocycles. The van der Waals surface area contributed by atoms with E-state index in [1.807, 2.05) is 0 Å². The maximum Gasteiger partial charge on any atom is 0.416 e. The first kappa shape index (κ1) is 14.4. The van der Waals surface area contributed by atoms with Crippen molar-refractivity contribution < 1.29 is 22.7 Å². The minimum Gasteiger partial charge on any atom is -0.508 e. The van der Waals surface area contributed by atoms with Crippen LogP contribution in [0.15, 0.2) is 30.3 Å². The van der Waals surface area contributed by atoms with Crippen molar-refractivity contribution in [1.82, 2.24) is 0 Å². The molecule has 5 heteroatoms. The Kier molecular flexibility index (Phi) is 3.46. The first-order chi connectivity index (χ1) is 9.20. The van der Waals surface area contributed by atoms with Gasteiger partial charge in [-0.3, -0.25) is 0 Å². The van der Waals surface area contributed by atoms with E-state index in [4.69, 9.17) is 0 Å². The molecule has 0 heterocycles. The molecule has 20 heavy (non-hydrogen) atoms. The molecule has 0 aliphatic heterocycles. The van der Waals surface area contributed by atoms with Crippen molar-refractivity contribution in [3.05, 3.63) is 52.8 Å². The van der Waals surface area contributed by atoms with Crippen LogP contribution in [0, 0.1) is 19.7 Å². The highest BCUT2D eigenvalue weighted by atomic mass is 19.4. The monoisotopic (exact) mass is 284 g/mol. The number of rotatable bonds is 1. The van der Waals surface area contributed by atoms with E-state index in [-0.39, 0.29) is 11.3 Å². The molecule has 1 nitrogen and oxygen atoms in total. The number of benzene rings is 2. The Balaban J connectivity index is 2.66. The van der Waals surface area contributed by atoms with E-state index in [1.165, 1.54) is 12.1 Å². The molecule has 0 aromatic heterocycles. The van der Waals surface area contributed by atoms with Crippen molar-refractivity contribution in [2.75, 3.05) is 0 Å². The van der Waals surface area contributed by atoms with Gasteiger partial charge in [-0.2, -0.15) is 13.2 Å². The lowest BCUT2D eigenvalue weighted by atomic mass is 9.96. The topological polar surface area (TPSA) is 20.2 Å². The SMILES string of the molecule is Cc1cc(-c2cc(C(F)(F)F)ccc2F)c(C)cc1O. The maximum absolute atomic E-state index is 13.8. The Hall–Kier alpha value is -2.04. The third kappa shape index (κ3) is 2.61. The summed E-state index contributed by atoms with van der Waals surface area (Å²) in [5.74, 6) is -0.704. The predicted octanol–water partition coefficient (Wildman–Crippen LogP) is 4.83. The van der Waals surface area contributed by atoms with Crippen molar-refractivity contribution in [2.45, 2.75) is 20.0 Å². The fourth-order valence-corrected chi connectivity index (χ4v) is 2.00. The quantitative estimate of drug-likeness (QED) is 0.743. The van der Waals surface area contributed by atoms with Gasteiger partial charge in [-0.1, -0.05) is 0 Å². The van der Waals surface area contributed by atoms with E-state index in [2.05, 4.69) is 0 Å². The molecule has 0 fully saturated rings. The summed E-state index contributed by atoms with van der Waals surface area (Å²) in [6.07, 6.45) is -4.53.